The summed E-state index contributed by atoms with van der Waals surface area (Å²) in [5.74, 6) is -0.614. The number of carbonyl (C=O) groups excluding carboxylic acids is 1. The Kier molecular flexibility index (Phi) is 5.70. The molecule has 0 radical (unpaired) electrons. The van der Waals surface area contributed by atoms with Gasteiger partial charge in [0.25, 0.3) is 0 Å². The molecule has 1 aliphatic carbocycles. The second-order valence-electron chi connectivity index (χ2n) is 9.56. The van der Waals surface area contributed by atoms with Gasteiger partial charge in [-0.1, -0.05) is 6.07 Å². The number of aryl methyl sites for hydroxylation is 1. The lowest BCUT2D eigenvalue weighted by atomic mass is 9.97. The summed E-state index contributed by atoms with van der Waals surface area (Å²) < 4.78 is 21.7. The quantitative estimate of drug-likeness (QED) is 0.523. The molecule has 2 saturated heterocycles. The molecule has 0 spiro atoms. The van der Waals surface area contributed by atoms with Crippen molar-refractivity contribution in [3.63, 3.8) is 0 Å². The number of aromatic nitrogens is 5. The predicted octanol–water partition coefficient (Wildman–Crippen LogP) is 2.37. The molecule has 0 N–H and O–H groups in total. The fourth-order valence-corrected chi connectivity index (χ4v) is 5.67. The number of ether oxygens (including phenoxy) is 1. The lowest BCUT2D eigenvalue weighted by Crippen LogP contribution is -2.60. The summed E-state index contributed by atoms with van der Waals surface area (Å²) in [5.41, 5.74) is 4.25. The van der Waals surface area contributed by atoms with Crippen LogP contribution in [0.15, 0.2) is 30.7 Å². The van der Waals surface area contributed by atoms with Crippen molar-refractivity contribution < 1.29 is 13.9 Å². The molecule has 2 aliphatic heterocycles. The van der Waals surface area contributed by atoms with E-state index in [1.165, 1.54) is 12.4 Å². The molecule has 0 bridgehead atoms. The Bertz CT molecular complexity index is 1350. The summed E-state index contributed by atoms with van der Waals surface area (Å²) in [6.45, 7) is 12.2. The van der Waals surface area contributed by atoms with Crippen LogP contribution >= 0.6 is 0 Å². The monoisotopic (exact) mass is 488 g/mol. The molecule has 3 atom stereocenters. The molecule has 1 aromatic carbocycles. The van der Waals surface area contributed by atoms with E-state index >= 15 is 0 Å². The van der Waals surface area contributed by atoms with Crippen molar-refractivity contribution in [2.45, 2.75) is 37.8 Å². The van der Waals surface area contributed by atoms with Gasteiger partial charge in [0.1, 0.15) is 12.1 Å². The molecule has 4 heterocycles. The number of nitrogens with zero attached hydrogens (tertiary/aromatic N) is 8. The Morgan fingerprint density at radius 3 is 2.97 bits per heavy atom. The molecule has 2 aromatic heterocycles. The normalized spacial score (nSPS) is 23.7. The van der Waals surface area contributed by atoms with Gasteiger partial charge in [0.2, 0.25) is 11.6 Å². The van der Waals surface area contributed by atoms with E-state index < -0.39 is 5.82 Å². The molecule has 10 nitrogen and oxygen atoms in total. The van der Waals surface area contributed by atoms with Gasteiger partial charge in [0, 0.05) is 26.2 Å². The van der Waals surface area contributed by atoms with Crippen molar-refractivity contribution in [2.75, 3.05) is 32.8 Å². The molecule has 2 fully saturated rings. The van der Waals surface area contributed by atoms with Gasteiger partial charge in [-0.05, 0) is 59.0 Å². The minimum atomic E-state index is -0.498. The fourth-order valence-electron chi connectivity index (χ4n) is 5.67. The van der Waals surface area contributed by atoms with E-state index in [1.807, 2.05) is 11.0 Å². The number of pyridine rings is 1. The van der Waals surface area contributed by atoms with Crippen LogP contribution < -0.4 is 0 Å². The van der Waals surface area contributed by atoms with E-state index in [0.29, 0.717) is 31.8 Å². The van der Waals surface area contributed by atoms with E-state index in [0.717, 1.165) is 41.9 Å². The zero-order valence-corrected chi connectivity index (χ0v) is 19.8. The lowest BCUT2D eigenvalue weighted by Gasteiger charge is -2.46. The first-order valence-electron chi connectivity index (χ1n) is 12.1. The molecule has 6 rings (SSSR count). The minimum absolute atomic E-state index is 0.0594. The van der Waals surface area contributed by atoms with Gasteiger partial charge in [-0.2, -0.15) is 4.68 Å². The van der Waals surface area contributed by atoms with Crippen molar-refractivity contribution in [2.24, 2.45) is 0 Å². The van der Waals surface area contributed by atoms with Crippen LogP contribution in [0.1, 0.15) is 40.8 Å². The number of carbonyl (C=O) groups is 1. The first-order chi connectivity index (χ1) is 17.5. The SMILES string of the molecule is [C-]#[N+]c1c(F)ccc([C@@H]2CN3CCN(C(=O)C4CCc5cc(-n6cnnn6)cnc54)C[C@@H]3CO2)c1C. The van der Waals surface area contributed by atoms with Crippen LogP contribution in [0.2, 0.25) is 0 Å². The zero-order valence-electron chi connectivity index (χ0n) is 19.8. The Morgan fingerprint density at radius 1 is 1.28 bits per heavy atom. The van der Waals surface area contributed by atoms with Crippen molar-refractivity contribution in [3.8, 4) is 5.69 Å². The highest BCUT2D eigenvalue weighted by atomic mass is 19.1. The van der Waals surface area contributed by atoms with E-state index in [9.17, 15) is 9.18 Å². The number of rotatable bonds is 3. The maximum atomic E-state index is 14.0. The van der Waals surface area contributed by atoms with Crippen LogP contribution in [0.5, 0.6) is 0 Å². The molecule has 0 saturated carbocycles. The Hall–Kier alpha value is -3.75. The third kappa shape index (κ3) is 3.83. The maximum Gasteiger partial charge on any atom is 0.231 e. The Morgan fingerprint density at radius 2 is 2.17 bits per heavy atom. The first-order valence-corrected chi connectivity index (χ1v) is 12.1. The molecule has 3 aromatic rings. The average Bonchev–Trinajstić information content (AvgIpc) is 3.58. The molecule has 1 amide bonds. The predicted molar refractivity (Wildman–Crippen MR) is 126 cm³/mol. The summed E-state index contributed by atoms with van der Waals surface area (Å²) in [6, 6.07) is 5.19. The number of piperazine rings is 1. The number of tetrazole rings is 1. The largest absolute Gasteiger partial charge is 0.371 e. The topological polar surface area (TPSA) is 93.6 Å². The zero-order chi connectivity index (χ0) is 24.8. The van der Waals surface area contributed by atoms with E-state index in [2.05, 4.69) is 30.3 Å². The number of halogens is 1. The molecule has 1 unspecified atom stereocenters. The minimum Gasteiger partial charge on any atom is -0.371 e. The highest BCUT2D eigenvalue weighted by Gasteiger charge is 2.39. The van der Waals surface area contributed by atoms with Crippen LogP contribution in [0, 0.1) is 19.3 Å². The highest BCUT2D eigenvalue weighted by molar-refractivity contribution is 5.84. The summed E-state index contributed by atoms with van der Waals surface area (Å²) >= 11 is 0. The maximum absolute atomic E-state index is 14.0. The Balaban J connectivity index is 1.12. The van der Waals surface area contributed by atoms with Gasteiger partial charge in [-0.3, -0.25) is 14.7 Å². The number of benzene rings is 1. The van der Waals surface area contributed by atoms with E-state index in [1.54, 1.807) is 23.9 Å². The molecule has 36 heavy (non-hydrogen) atoms. The van der Waals surface area contributed by atoms with E-state index in [4.69, 9.17) is 11.3 Å². The molecule has 3 aliphatic rings. The van der Waals surface area contributed by atoms with Crippen LogP contribution in [-0.2, 0) is 16.0 Å². The molecular formula is C25H25FN8O2. The third-order valence-corrected chi connectivity index (χ3v) is 7.62. The number of hydrogen-bond donors (Lipinski definition) is 0. The molecular weight excluding hydrogens is 463 g/mol. The van der Waals surface area contributed by atoms with Gasteiger partial charge in [0.15, 0.2) is 0 Å². The van der Waals surface area contributed by atoms with Crippen LogP contribution in [-0.4, -0.2) is 79.7 Å². The van der Waals surface area contributed by atoms with E-state index in [-0.39, 0.29) is 29.7 Å². The van der Waals surface area contributed by atoms with Crippen molar-refractivity contribution >= 4 is 11.6 Å². The summed E-state index contributed by atoms with van der Waals surface area (Å²) in [4.78, 5) is 25.8. The Labute approximate surface area is 207 Å². The van der Waals surface area contributed by atoms with Gasteiger partial charge in [0.05, 0.1) is 48.8 Å². The second-order valence-corrected chi connectivity index (χ2v) is 9.56. The summed E-state index contributed by atoms with van der Waals surface area (Å²) in [6.07, 6.45) is 4.57. The highest BCUT2D eigenvalue weighted by Crippen LogP contribution is 2.36. The number of amides is 1. The third-order valence-electron chi connectivity index (χ3n) is 7.62. The second kappa shape index (κ2) is 9.04. The molecule has 184 valence electrons. The first kappa shape index (κ1) is 22.7. The summed E-state index contributed by atoms with van der Waals surface area (Å²) in [5, 5.41) is 11.3. The van der Waals surface area contributed by atoms with Gasteiger partial charge < -0.3 is 9.64 Å². The van der Waals surface area contributed by atoms with Gasteiger partial charge >= 0.3 is 0 Å². The van der Waals surface area contributed by atoms with Crippen molar-refractivity contribution in [3.05, 3.63) is 70.3 Å². The van der Waals surface area contributed by atoms with Gasteiger partial charge in [-0.25, -0.2) is 9.24 Å². The number of fused-ring (bicyclic) bond motifs is 2. The van der Waals surface area contributed by atoms with Crippen LogP contribution in [0.4, 0.5) is 10.1 Å². The average molecular weight is 489 g/mol. The smallest absolute Gasteiger partial charge is 0.231 e. The van der Waals surface area contributed by atoms with Gasteiger partial charge in [-0.15, -0.1) is 5.10 Å². The number of morpholine rings is 1. The van der Waals surface area contributed by atoms with Crippen LogP contribution in [0.3, 0.4) is 0 Å². The molecule has 11 heteroatoms. The van der Waals surface area contributed by atoms with Crippen molar-refractivity contribution in [1.82, 2.24) is 35.0 Å². The fraction of sp³-hybridized carbons (Fsp3) is 0.440. The lowest BCUT2D eigenvalue weighted by molar-refractivity contribution is -0.141. The summed E-state index contributed by atoms with van der Waals surface area (Å²) in [7, 11) is 0. The standard InChI is InChI=1S/C25H25FN8O2/c1-15-19(5-6-21(26)23(15)27-2)22-12-32-7-8-33(11-18(32)13-36-22)25(35)20-4-3-16-9-17(10-28-24(16)20)34-14-29-30-31-34/h5-6,9-10,14,18,20,22H,3-4,7-8,11-13H2,1H3/t18-,20?,22+/m1/s1. The number of hydrogen-bond acceptors (Lipinski definition) is 7. The van der Waals surface area contributed by atoms with Crippen LogP contribution in [0.25, 0.3) is 10.5 Å². The van der Waals surface area contributed by atoms with Crippen molar-refractivity contribution in [1.29, 1.82) is 0 Å².